The third kappa shape index (κ3) is 7.33. The number of carbonyl (C=O) groups is 3. The maximum absolute atomic E-state index is 13.4. The van der Waals surface area contributed by atoms with Crippen molar-refractivity contribution in [2.75, 3.05) is 17.2 Å². The van der Waals surface area contributed by atoms with Gasteiger partial charge in [0.1, 0.15) is 5.25 Å². The molecule has 2 amide bonds. The number of thioether (sulfide) groups is 1. The number of carbonyl (C=O) groups excluding carboxylic acids is 3. The van der Waals surface area contributed by atoms with Gasteiger partial charge in [-0.15, -0.1) is 11.8 Å². The van der Waals surface area contributed by atoms with Crippen molar-refractivity contribution < 1.29 is 24.0 Å². The van der Waals surface area contributed by atoms with Crippen LogP contribution in [0.2, 0.25) is 0 Å². The second kappa shape index (κ2) is 13.2. The van der Waals surface area contributed by atoms with Gasteiger partial charge in [0.05, 0.1) is 17.1 Å². The number of anilines is 2. The van der Waals surface area contributed by atoms with Crippen molar-refractivity contribution in [1.82, 2.24) is 0 Å². The fourth-order valence-electron chi connectivity index (χ4n) is 3.73. The van der Waals surface area contributed by atoms with Crippen molar-refractivity contribution >= 4 is 46.6 Å². The summed E-state index contributed by atoms with van der Waals surface area (Å²) in [4.78, 5) is 49.1. The molecule has 9 nitrogen and oxygen atoms in total. The van der Waals surface area contributed by atoms with E-state index in [1.54, 1.807) is 55.5 Å². The van der Waals surface area contributed by atoms with E-state index in [4.69, 9.17) is 4.74 Å². The summed E-state index contributed by atoms with van der Waals surface area (Å²) in [6.07, 6.45) is 0. The van der Waals surface area contributed by atoms with Crippen molar-refractivity contribution in [3.63, 3.8) is 0 Å². The Kier molecular flexibility index (Phi) is 9.27. The zero-order valence-electron chi connectivity index (χ0n) is 21.4. The van der Waals surface area contributed by atoms with Gasteiger partial charge in [-0.3, -0.25) is 19.7 Å². The summed E-state index contributed by atoms with van der Waals surface area (Å²) in [5, 5.41) is 16.1. The summed E-state index contributed by atoms with van der Waals surface area (Å²) in [5.74, 6) is -1.15. The number of esters is 1. The lowest BCUT2D eigenvalue weighted by Crippen LogP contribution is -2.19. The van der Waals surface area contributed by atoms with E-state index in [0.29, 0.717) is 16.9 Å². The van der Waals surface area contributed by atoms with Crippen LogP contribution in [0.25, 0.3) is 0 Å². The van der Waals surface area contributed by atoms with Crippen LogP contribution in [0.1, 0.15) is 38.5 Å². The minimum Gasteiger partial charge on any atom is -0.462 e. The summed E-state index contributed by atoms with van der Waals surface area (Å²) >= 11 is 1.34. The minimum atomic E-state index is -0.587. The maximum atomic E-state index is 13.4. The van der Waals surface area contributed by atoms with Crippen LogP contribution in [0.15, 0.2) is 108 Å². The highest BCUT2D eigenvalue weighted by molar-refractivity contribution is 8.00. The number of hydrogen-bond donors (Lipinski definition) is 2. The highest BCUT2D eigenvalue weighted by atomic mass is 32.2. The topological polar surface area (TPSA) is 128 Å². The van der Waals surface area contributed by atoms with E-state index in [9.17, 15) is 24.5 Å². The van der Waals surface area contributed by atoms with Gasteiger partial charge in [0.25, 0.3) is 11.6 Å². The molecule has 0 heterocycles. The van der Waals surface area contributed by atoms with Crippen molar-refractivity contribution in [2.24, 2.45) is 0 Å². The van der Waals surface area contributed by atoms with Crippen molar-refractivity contribution in [3.8, 4) is 0 Å². The van der Waals surface area contributed by atoms with Gasteiger partial charge in [0, 0.05) is 34.0 Å². The Morgan fingerprint density at radius 3 is 2.12 bits per heavy atom. The first kappa shape index (κ1) is 28.1. The average molecular weight is 556 g/mol. The number of nitrogens with one attached hydrogen (secondary N) is 2. The van der Waals surface area contributed by atoms with Gasteiger partial charge < -0.3 is 15.4 Å². The van der Waals surface area contributed by atoms with Crippen LogP contribution in [0.3, 0.4) is 0 Å². The molecule has 0 aliphatic rings. The van der Waals surface area contributed by atoms with Crippen molar-refractivity contribution in [1.29, 1.82) is 0 Å². The molecule has 4 aromatic carbocycles. The lowest BCUT2D eigenvalue weighted by Gasteiger charge is -2.17. The van der Waals surface area contributed by atoms with Crippen molar-refractivity contribution in [2.45, 2.75) is 17.1 Å². The van der Waals surface area contributed by atoms with Gasteiger partial charge in [-0.1, -0.05) is 36.4 Å². The predicted molar refractivity (Wildman–Crippen MR) is 154 cm³/mol. The van der Waals surface area contributed by atoms with E-state index in [1.165, 1.54) is 36.0 Å². The molecule has 0 saturated carbocycles. The first-order valence-electron chi connectivity index (χ1n) is 12.3. The van der Waals surface area contributed by atoms with Crippen LogP contribution in [0, 0.1) is 10.1 Å². The Labute approximate surface area is 234 Å². The number of rotatable bonds is 10. The average Bonchev–Trinajstić information content (AvgIpc) is 2.97. The second-order valence-corrected chi connectivity index (χ2v) is 9.66. The third-order valence-corrected chi connectivity index (χ3v) is 6.96. The summed E-state index contributed by atoms with van der Waals surface area (Å²) < 4.78 is 5.00. The smallest absolute Gasteiger partial charge is 0.338 e. The molecule has 202 valence electrons. The zero-order valence-corrected chi connectivity index (χ0v) is 22.2. The molecule has 4 rings (SSSR count). The molecule has 2 N–H and O–H groups in total. The summed E-state index contributed by atoms with van der Waals surface area (Å²) in [6, 6.07) is 28.3. The Morgan fingerprint density at radius 2 is 1.48 bits per heavy atom. The first-order chi connectivity index (χ1) is 19.3. The van der Waals surface area contributed by atoms with Crippen LogP contribution in [-0.2, 0) is 9.53 Å². The standard InChI is InChI=1S/C30H25N3O6S/c1-2-39-30(36)21-11-13-23(14-12-21)32-29(35)27(20-7-4-3-5-8-20)40-26-17-15-24(16-18-26)31-28(34)22-9-6-10-25(19-22)33(37)38/h3-19,27H,2H2,1H3,(H,31,34)(H,32,35). The Morgan fingerprint density at radius 1 is 0.825 bits per heavy atom. The van der Waals surface area contributed by atoms with E-state index >= 15 is 0 Å². The van der Waals surface area contributed by atoms with Crippen LogP contribution in [0.4, 0.5) is 17.1 Å². The quantitative estimate of drug-likeness (QED) is 0.0990. The Hall–Kier alpha value is -4.96. The highest BCUT2D eigenvalue weighted by Gasteiger charge is 2.22. The number of ether oxygens (including phenoxy) is 1. The molecule has 40 heavy (non-hydrogen) atoms. The molecular formula is C30H25N3O6S. The molecule has 4 aromatic rings. The molecule has 0 bridgehead atoms. The van der Waals surface area contributed by atoms with Crippen LogP contribution < -0.4 is 10.6 Å². The van der Waals surface area contributed by atoms with E-state index in [-0.39, 0.29) is 23.8 Å². The molecule has 0 aromatic heterocycles. The third-order valence-electron chi connectivity index (χ3n) is 5.69. The number of nitro benzene ring substituents is 1. The number of hydrogen-bond acceptors (Lipinski definition) is 7. The number of nitrogens with zero attached hydrogens (tertiary/aromatic N) is 1. The predicted octanol–water partition coefficient (Wildman–Crippen LogP) is 6.50. The van der Waals surface area contributed by atoms with Gasteiger partial charge in [-0.25, -0.2) is 4.79 Å². The highest BCUT2D eigenvalue weighted by Crippen LogP contribution is 2.36. The number of nitro groups is 1. The van der Waals surface area contributed by atoms with Gasteiger partial charge in [0.15, 0.2) is 0 Å². The second-order valence-electron chi connectivity index (χ2n) is 8.48. The first-order valence-corrected chi connectivity index (χ1v) is 13.2. The molecule has 1 unspecified atom stereocenters. The van der Waals surface area contributed by atoms with E-state index in [0.717, 1.165) is 10.5 Å². The normalized spacial score (nSPS) is 11.2. The molecule has 0 aliphatic carbocycles. The van der Waals surface area contributed by atoms with Crippen LogP contribution >= 0.6 is 11.8 Å². The number of amides is 2. The minimum absolute atomic E-state index is 0.167. The largest absolute Gasteiger partial charge is 0.462 e. The molecular weight excluding hydrogens is 530 g/mol. The summed E-state index contributed by atoms with van der Waals surface area (Å²) in [5.41, 5.74) is 2.24. The van der Waals surface area contributed by atoms with E-state index in [1.807, 2.05) is 30.3 Å². The SMILES string of the molecule is CCOC(=O)c1ccc(NC(=O)C(Sc2ccc(NC(=O)c3cccc([N+](=O)[O-])c3)cc2)c2ccccc2)cc1. The fourth-order valence-corrected chi connectivity index (χ4v) is 4.75. The fraction of sp³-hybridized carbons (Fsp3) is 0.100. The van der Waals surface area contributed by atoms with Gasteiger partial charge >= 0.3 is 5.97 Å². The van der Waals surface area contributed by atoms with Crippen molar-refractivity contribution in [3.05, 3.63) is 130 Å². The Balaban J connectivity index is 1.46. The molecule has 10 heteroatoms. The van der Waals surface area contributed by atoms with Crippen LogP contribution in [-0.4, -0.2) is 29.3 Å². The zero-order chi connectivity index (χ0) is 28.5. The maximum Gasteiger partial charge on any atom is 0.338 e. The molecule has 0 saturated heterocycles. The van der Waals surface area contributed by atoms with Crippen LogP contribution in [0.5, 0.6) is 0 Å². The van der Waals surface area contributed by atoms with E-state index in [2.05, 4.69) is 10.6 Å². The molecule has 0 fully saturated rings. The lowest BCUT2D eigenvalue weighted by molar-refractivity contribution is -0.384. The van der Waals surface area contributed by atoms with E-state index < -0.39 is 22.0 Å². The van der Waals surface area contributed by atoms with Gasteiger partial charge in [0.2, 0.25) is 5.91 Å². The molecule has 0 radical (unpaired) electrons. The summed E-state index contributed by atoms with van der Waals surface area (Å²) in [6.45, 7) is 2.01. The lowest BCUT2D eigenvalue weighted by atomic mass is 10.1. The monoisotopic (exact) mass is 555 g/mol. The number of non-ortho nitro benzene ring substituents is 1. The molecule has 1 atom stereocenters. The summed E-state index contributed by atoms with van der Waals surface area (Å²) in [7, 11) is 0. The van der Waals surface area contributed by atoms with Gasteiger partial charge in [-0.05, 0) is 67.1 Å². The van der Waals surface area contributed by atoms with Gasteiger partial charge in [-0.2, -0.15) is 0 Å². The number of benzene rings is 4. The molecule has 0 spiro atoms. The Bertz CT molecular complexity index is 1510. The molecule has 0 aliphatic heterocycles.